The van der Waals surface area contributed by atoms with Crippen molar-refractivity contribution in [2.45, 2.75) is 32.5 Å². The molecule has 0 aliphatic rings. The Morgan fingerprint density at radius 1 is 1.14 bits per heavy atom. The summed E-state index contributed by atoms with van der Waals surface area (Å²) in [4.78, 5) is 0. The van der Waals surface area contributed by atoms with Crippen molar-refractivity contribution in [1.82, 2.24) is 10.2 Å². The van der Waals surface area contributed by atoms with Gasteiger partial charge in [-0.15, -0.1) is 5.10 Å². The molecule has 14 heavy (non-hydrogen) atoms. The van der Waals surface area contributed by atoms with Gasteiger partial charge in [-0.05, 0) is 20.8 Å². The molecular weight excluding hydrogens is 199 g/mol. The first-order valence-corrected chi connectivity index (χ1v) is 3.87. The fraction of sp³-hybridized carbons (Fsp3) is 0.714. The average molecular weight is 209 g/mol. The first kappa shape index (κ1) is 10.8. The van der Waals surface area contributed by atoms with Crippen LogP contribution >= 0.6 is 0 Å². The second-order valence-electron chi connectivity index (χ2n) is 3.79. The van der Waals surface area contributed by atoms with E-state index in [0.29, 0.717) is 0 Å². The van der Waals surface area contributed by atoms with Crippen molar-refractivity contribution < 1.29 is 17.6 Å². The lowest BCUT2D eigenvalue weighted by Gasteiger charge is -2.17. The number of rotatable bonds is 1. The molecule has 0 radical (unpaired) electrons. The number of anilines is 1. The summed E-state index contributed by atoms with van der Waals surface area (Å²) in [7, 11) is 0. The van der Waals surface area contributed by atoms with Gasteiger partial charge in [-0.25, -0.2) is 0 Å². The molecule has 1 heterocycles. The standard InChI is InChI=1S/C7H10F3N3O/c1-6(2,3)11-5-13-12-4(14-5)7(8,9)10/h1-3H3,(H,11,13). The fourth-order valence-corrected chi connectivity index (χ4v) is 0.709. The normalized spacial score (nSPS) is 13.0. The first-order valence-electron chi connectivity index (χ1n) is 3.87. The molecule has 1 aromatic rings. The van der Waals surface area contributed by atoms with Crippen LogP contribution in [0.4, 0.5) is 19.2 Å². The van der Waals surface area contributed by atoms with E-state index in [1.165, 1.54) is 0 Å². The van der Waals surface area contributed by atoms with Gasteiger partial charge in [0, 0.05) is 5.54 Å². The predicted molar refractivity (Wildman–Crippen MR) is 42.7 cm³/mol. The molecule has 0 aromatic carbocycles. The first-order chi connectivity index (χ1) is 6.18. The third-order valence-electron chi connectivity index (χ3n) is 1.15. The predicted octanol–water partition coefficient (Wildman–Crippen LogP) is 2.30. The zero-order chi connectivity index (χ0) is 11.0. The van der Waals surface area contributed by atoms with Gasteiger partial charge in [0.1, 0.15) is 0 Å². The monoisotopic (exact) mass is 209 g/mol. The molecular formula is C7H10F3N3O. The molecule has 0 spiro atoms. The second-order valence-corrected chi connectivity index (χ2v) is 3.79. The molecule has 0 amide bonds. The SMILES string of the molecule is CC(C)(C)Nc1nnc(C(F)(F)F)o1. The molecule has 0 saturated carbocycles. The summed E-state index contributed by atoms with van der Waals surface area (Å²) in [5.74, 6) is -1.34. The van der Waals surface area contributed by atoms with E-state index in [0.717, 1.165) is 0 Å². The maximum atomic E-state index is 12.0. The maximum absolute atomic E-state index is 12.0. The zero-order valence-electron chi connectivity index (χ0n) is 7.94. The minimum Gasteiger partial charge on any atom is -0.399 e. The fourth-order valence-electron chi connectivity index (χ4n) is 0.709. The van der Waals surface area contributed by atoms with Crippen molar-refractivity contribution in [3.05, 3.63) is 5.89 Å². The van der Waals surface area contributed by atoms with Crippen molar-refractivity contribution in [3.8, 4) is 0 Å². The number of alkyl halides is 3. The van der Waals surface area contributed by atoms with Crippen molar-refractivity contribution in [2.24, 2.45) is 0 Å². The minimum absolute atomic E-state index is 0.232. The van der Waals surface area contributed by atoms with Gasteiger partial charge in [-0.1, -0.05) is 5.10 Å². The smallest absolute Gasteiger partial charge is 0.399 e. The molecule has 1 rings (SSSR count). The summed E-state index contributed by atoms with van der Waals surface area (Å²) in [6.45, 7) is 5.30. The lowest BCUT2D eigenvalue weighted by molar-refractivity contribution is -0.156. The van der Waals surface area contributed by atoms with Gasteiger partial charge in [0.05, 0.1) is 0 Å². The van der Waals surface area contributed by atoms with Crippen molar-refractivity contribution in [3.63, 3.8) is 0 Å². The molecule has 0 bridgehead atoms. The summed E-state index contributed by atoms with van der Waals surface area (Å²) in [5.41, 5.74) is -0.421. The van der Waals surface area contributed by atoms with Crippen LogP contribution in [-0.4, -0.2) is 15.7 Å². The maximum Gasteiger partial charge on any atom is 0.470 e. The van der Waals surface area contributed by atoms with Crippen molar-refractivity contribution >= 4 is 6.01 Å². The Kier molecular flexibility index (Phi) is 2.43. The Labute approximate surface area is 78.5 Å². The summed E-state index contributed by atoms with van der Waals surface area (Å²) in [5, 5.41) is 8.72. The van der Waals surface area contributed by atoms with E-state index >= 15 is 0 Å². The molecule has 7 heteroatoms. The van der Waals surface area contributed by atoms with Gasteiger partial charge >= 0.3 is 18.1 Å². The van der Waals surface area contributed by atoms with Gasteiger partial charge in [0.2, 0.25) is 0 Å². The molecule has 1 N–H and O–H groups in total. The van der Waals surface area contributed by atoms with Crippen molar-refractivity contribution in [2.75, 3.05) is 5.32 Å². The molecule has 0 atom stereocenters. The highest BCUT2D eigenvalue weighted by molar-refractivity contribution is 5.21. The largest absolute Gasteiger partial charge is 0.470 e. The van der Waals surface area contributed by atoms with E-state index < -0.39 is 17.6 Å². The molecule has 0 aliphatic heterocycles. The number of aromatic nitrogens is 2. The number of nitrogens with one attached hydrogen (secondary N) is 1. The van der Waals surface area contributed by atoms with Gasteiger partial charge < -0.3 is 9.73 Å². The van der Waals surface area contributed by atoms with Crippen LogP contribution in [0.5, 0.6) is 0 Å². The Bertz CT molecular complexity index is 313. The van der Waals surface area contributed by atoms with Crippen LogP contribution in [0.15, 0.2) is 4.42 Å². The molecule has 1 aromatic heterocycles. The van der Waals surface area contributed by atoms with Gasteiger partial charge in [-0.2, -0.15) is 13.2 Å². The summed E-state index contributed by atoms with van der Waals surface area (Å²) < 4.78 is 40.4. The number of hydrogen-bond acceptors (Lipinski definition) is 4. The lowest BCUT2D eigenvalue weighted by Crippen LogP contribution is -2.26. The molecule has 4 nitrogen and oxygen atoms in total. The van der Waals surface area contributed by atoms with Crippen LogP contribution in [0.25, 0.3) is 0 Å². The van der Waals surface area contributed by atoms with Crippen LogP contribution in [0, 0.1) is 0 Å². The third-order valence-corrected chi connectivity index (χ3v) is 1.15. The topological polar surface area (TPSA) is 51.0 Å². The molecule has 0 fully saturated rings. The molecule has 80 valence electrons. The van der Waals surface area contributed by atoms with Crippen LogP contribution in [0.1, 0.15) is 26.7 Å². The Balaban J connectivity index is 2.79. The van der Waals surface area contributed by atoms with E-state index in [4.69, 9.17) is 0 Å². The van der Waals surface area contributed by atoms with E-state index in [9.17, 15) is 13.2 Å². The lowest BCUT2D eigenvalue weighted by atomic mass is 10.1. The van der Waals surface area contributed by atoms with Crippen LogP contribution in [-0.2, 0) is 6.18 Å². The summed E-state index contributed by atoms with van der Waals surface area (Å²) in [6.07, 6.45) is -4.59. The zero-order valence-corrected chi connectivity index (χ0v) is 7.94. The Morgan fingerprint density at radius 3 is 2.07 bits per heavy atom. The quantitative estimate of drug-likeness (QED) is 0.770. The number of hydrogen-bond donors (Lipinski definition) is 1. The Morgan fingerprint density at radius 2 is 1.71 bits per heavy atom. The van der Waals surface area contributed by atoms with Crippen molar-refractivity contribution in [1.29, 1.82) is 0 Å². The van der Waals surface area contributed by atoms with E-state index in [1.807, 2.05) is 0 Å². The van der Waals surface area contributed by atoms with Gasteiger partial charge in [-0.3, -0.25) is 0 Å². The Hall–Kier alpha value is -1.27. The van der Waals surface area contributed by atoms with E-state index in [-0.39, 0.29) is 6.01 Å². The van der Waals surface area contributed by atoms with Gasteiger partial charge in [0.15, 0.2) is 0 Å². The second kappa shape index (κ2) is 3.14. The van der Waals surface area contributed by atoms with Crippen LogP contribution < -0.4 is 5.32 Å². The minimum atomic E-state index is -4.59. The molecule has 0 aliphatic carbocycles. The third kappa shape index (κ3) is 2.90. The van der Waals surface area contributed by atoms with E-state index in [1.54, 1.807) is 20.8 Å². The highest BCUT2D eigenvalue weighted by Crippen LogP contribution is 2.29. The number of halogens is 3. The highest BCUT2D eigenvalue weighted by atomic mass is 19.4. The molecule has 0 unspecified atom stereocenters. The average Bonchev–Trinajstić information content (AvgIpc) is 2.29. The summed E-state index contributed by atoms with van der Waals surface area (Å²) in [6, 6.07) is -0.232. The number of nitrogens with zero attached hydrogens (tertiary/aromatic N) is 2. The van der Waals surface area contributed by atoms with E-state index in [2.05, 4.69) is 19.9 Å². The van der Waals surface area contributed by atoms with Crippen LogP contribution in [0.3, 0.4) is 0 Å². The van der Waals surface area contributed by atoms with Crippen LogP contribution in [0.2, 0.25) is 0 Å². The van der Waals surface area contributed by atoms with Gasteiger partial charge in [0.25, 0.3) is 0 Å². The highest BCUT2D eigenvalue weighted by Gasteiger charge is 2.38. The molecule has 0 saturated heterocycles. The summed E-state index contributed by atoms with van der Waals surface area (Å²) >= 11 is 0.